The van der Waals surface area contributed by atoms with E-state index >= 15 is 0 Å². The number of furan rings is 1. The molecule has 0 aliphatic heterocycles. The van der Waals surface area contributed by atoms with Gasteiger partial charge in [-0.3, -0.25) is 4.57 Å². The average Bonchev–Trinajstić information content (AvgIpc) is 3.83. The van der Waals surface area contributed by atoms with Crippen LogP contribution in [0.4, 0.5) is 0 Å². The molecule has 6 aromatic carbocycles. The fourth-order valence-electron chi connectivity index (χ4n) is 6.80. The second-order valence-electron chi connectivity index (χ2n) is 11.8. The molecule has 0 spiro atoms. The van der Waals surface area contributed by atoms with Gasteiger partial charge in [0.05, 0.1) is 21.4 Å². The van der Waals surface area contributed by atoms with Crippen molar-refractivity contribution in [1.29, 1.82) is 0 Å². The number of benzene rings is 6. The number of pyridine rings is 1. The Labute approximate surface area is 273 Å². The Kier molecular flexibility index (Phi) is 5.71. The Bertz CT molecular complexity index is 2770. The van der Waals surface area contributed by atoms with Crippen LogP contribution in [0.25, 0.3) is 92.7 Å². The highest BCUT2D eigenvalue weighted by molar-refractivity contribution is 7.26. The SMILES string of the molecule is c1ccc(-n2c(-c3ccc(-c4ccc(-c5nc6c7ccccc7oc6c6c5sc5ccccc56)cc4)cc3)nc3ccccc32)cc1. The zero-order valence-corrected chi connectivity index (χ0v) is 25.9. The third kappa shape index (κ3) is 4.07. The highest BCUT2D eigenvalue weighted by Crippen LogP contribution is 2.45. The second-order valence-corrected chi connectivity index (χ2v) is 12.8. The molecule has 4 aromatic heterocycles. The number of fused-ring (bicyclic) bond motifs is 8. The highest BCUT2D eigenvalue weighted by atomic mass is 32.1. The van der Waals surface area contributed by atoms with Crippen LogP contribution in [0, 0.1) is 0 Å². The lowest BCUT2D eigenvalue weighted by Gasteiger charge is -2.10. The summed E-state index contributed by atoms with van der Waals surface area (Å²) in [5.41, 5.74) is 11.3. The van der Waals surface area contributed by atoms with Gasteiger partial charge in [-0.2, -0.15) is 0 Å². The molecule has 0 atom stereocenters. The molecule has 220 valence electrons. The number of nitrogens with zero attached hydrogens (tertiary/aromatic N) is 3. The van der Waals surface area contributed by atoms with Gasteiger partial charge in [-0.25, -0.2) is 9.97 Å². The summed E-state index contributed by atoms with van der Waals surface area (Å²) in [6.45, 7) is 0. The zero-order valence-electron chi connectivity index (χ0n) is 25.1. The molecule has 0 saturated carbocycles. The first-order valence-electron chi connectivity index (χ1n) is 15.7. The van der Waals surface area contributed by atoms with E-state index in [0.717, 1.165) is 82.6 Å². The lowest BCUT2D eigenvalue weighted by Crippen LogP contribution is -1.97. The quantitative estimate of drug-likeness (QED) is 0.197. The van der Waals surface area contributed by atoms with Crippen molar-refractivity contribution in [3.8, 4) is 39.5 Å². The topological polar surface area (TPSA) is 43.9 Å². The maximum atomic E-state index is 6.43. The molecular formula is C42H25N3OS. The van der Waals surface area contributed by atoms with Gasteiger partial charge in [0.15, 0.2) is 5.58 Å². The van der Waals surface area contributed by atoms with Crippen molar-refractivity contribution in [1.82, 2.24) is 14.5 Å². The number of aromatic nitrogens is 3. The van der Waals surface area contributed by atoms with Crippen LogP contribution >= 0.6 is 11.3 Å². The second kappa shape index (κ2) is 10.2. The van der Waals surface area contributed by atoms with E-state index in [1.165, 1.54) is 10.1 Å². The minimum Gasteiger partial charge on any atom is -0.454 e. The maximum Gasteiger partial charge on any atom is 0.163 e. The first kappa shape index (κ1) is 26.2. The van der Waals surface area contributed by atoms with Gasteiger partial charge >= 0.3 is 0 Å². The lowest BCUT2D eigenvalue weighted by atomic mass is 10.0. The molecule has 0 fully saturated rings. The molecule has 0 aliphatic rings. The van der Waals surface area contributed by atoms with Crippen molar-refractivity contribution >= 4 is 64.6 Å². The molecule has 10 rings (SSSR count). The maximum absolute atomic E-state index is 6.43. The molecule has 0 aliphatic carbocycles. The third-order valence-corrected chi connectivity index (χ3v) is 10.2. The highest BCUT2D eigenvalue weighted by Gasteiger charge is 2.20. The Morgan fingerprint density at radius 1 is 0.532 bits per heavy atom. The number of imidazole rings is 1. The smallest absolute Gasteiger partial charge is 0.163 e. The predicted octanol–water partition coefficient (Wildman–Crippen LogP) is 11.7. The molecule has 0 amide bonds. The van der Waals surface area contributed by atoms with Gasteiger partial charge in [0.25, 0.3) is 0 Å². The molecule has 0 saturated heterocycles. The fraction of sp³-hybridized carbons (Fsp3) is 0. The van der Waals surface area contributed by atoms with Crippen LogP contribution in [0.15, 0.2) is 156 Å². The minimum absolute atomic E-state index is 0.861. The Hall–Kier alpha value is -6.04. The molecule has 10 aromatic rings. The van der Waals surface area contributed by atoms with E-state index in [9.17, 15) is 0 Å². The van der Waals surface area contributed by atoms with E-state index in [0.29, 0.717) is 0 Å². The number of thiophene rings is 1. The Morgan fingerprint density at radius 3 is 1.98 bits per heavy atom. The molecule has 0 bridgehead atoms. The standard InChI is InChI=1S/C42H25N3OS/c1-2-10-30(11-3-1)45-34-15-7-6-14-33(34)43-42(45)29-24-20-27(21-25-29)26-18-22-28(23-19-26)38-41-37(32-13-5-9-17-36(32)47-41)40-39(44-38)31-12-4-8-16-35(31)46-40/h1-25H. The summed E-state index contributed by atoms with van der Waals surface area (Å²) in [5, 5.41) is 3.39. The fourth-order valence-corrected chi connectivity index (χ4v) is 8.01. The van der Waals surface area contributed by atoms with E-state index in [-0.39, 0.29) is 0 Å². The van der Waals surface area contributed by atoms with Gasteiger partial charge < -0.3 is 4.42 Å². The normalized spacial score (nSPS) is 11.8. The number of rotatable bonds is 4. The first-order chi connectivity index (χ1) is 23.3. The summed E-state index contributed by atoms with van der Waals surface area (Å²) in [6, 6.07) is 53.0. The van der Waals surface area contributed by atoms with Crippen LogP contribution in [0.1, 0.15) is 0 Å². The van der Waals surface area contributed by atoms with Crippen molar-refractivity contribution in [3.05, 3.63) is 152 Å². The van der Waals surface area contributed by atoms with Gasteiger partial charge in [0.2, 0.25) is 0 Å². The van der Waals surface area contributed by atoms with Crippen LogP contribution in [-0.2, 0) is 0 Å². The lowest BCUT2D eigenvalue weighted by molar-refractivity contribution is 0.672. The monoisotopic (exact) mass is 619 g/mol. The summed E-state index contributed by atoms with van der Waals surface area (Å²) in [5.74, 6) is 0.930. The van der Waals surface area contributed by atoms with E-state index < -0.39 is 0 Å². The molecule has 47 heavy (non-hydrogen) atoms. The summed E-state index contributed by atoms with van der Waals surface area (Å²) in [6.07, 6.45) is 0. The average molecular weight is 620 g/mol. The van der Waals surface area contributed by atoms with Crippen LogP contribution in [-0.4, -0.2) is 14.5 Å². The molecular weight excluding hydrogens is 595 g/mol. The zero-order chi connectivity index (χ0) is 30.9. The first-order valence-corrected chi connectivity index (χ1v) is 16.5. The van der Waals surface area contributed by atoms with Crippen LogP contribution in [0.3, 0.4) is 0 Å². The van der Waals surface area contributed by atoms with Crippen molar-refractivity contribution in [2.24, 2.45) is 0 Å². The van der Waals surface area contributed by atoms with Crippen molar-refractivity contribution in [2.45, 2.75) is 0 Å². The summed E-state index contributed by atoms with van der Waals surface area (Å²) in [7, 11) is 0. The number of hydrogen-bond acceptors (Lipinski definition) is 4. The Morgan fingerprint density at radius 2 is 1.17 bits per heavy atom. The molecule has 4 heterocycles. The molecule has 4 nitrogen and oxygen atoms in total. The summed E-state index contributed by atoms with van der Waals surface area (Å²) in [4.78, 5) is 10.3. The van der Waals surface area contributed by atoms with Crippen molar-refractivity contribution in [3.63, 3.8) is 0 Å². The van der Waals surface area contributed by atoms with Gasteiger partial charge in [-0.05, 0) is 53.6 Å². The Balaban J connectivity index is 1.06. The van der Waals surface area contributed by atoms with Crippen molar-refractivity contribution in [2.75, 3.05) is 0 Å². The van der Waals surface area contributed by atoms with Gasteiger partial charge in [0, 0.05) is 37.7 Å². The molecule has 0 unspecified atom stereocenters. The molecule has 0 radical (unpaired) electrons. The van der Waals surface area contributed by atoms with E-state index in [2.05, 4.69) is 126 Å². The third-order valence-electron chi connectivity index (χ3n) is 9.04. The predicted molar refractivity (Wildman–Crippen MR) is 195 cm³/mol. The van der Waals surface area contributed by atoms with E-state index in [1.807, 2.05) is 30.3 Å². The minimum atomic E-state index is 0.861. The van der Waals surface area contributed by atoms with E-state index in [1.54, 1.807) is 11.3 Å². The molecule has 5 heteroatoms. The number of para-hydroxylation sites is 4. The molecule has 0 N–H and O–H groups in total. The van der Waals surface area contributed by atoms with Crippen molar-refractivity contribution < 1.29 is 4.42 Å². The van der Waals surface area contributed by atoms with Gasteiger partial charge in [-0.15, -0.1) is 11.3 Å². The van der Waals surface area contributed by atoms with Crippen LogP contribution in [0.5, 0.6) is 0 Å². The number of hydrogen-bond donors (Lipinski definition) is 0. The summed E-state index contributed by atoms with van der Waals surface area (Å²) >= 11 is 1.78. The van der Waals surface area contributed by atoms with Gasteiger partial charge in [0.1, 0.15) is 16.9 Å². The largest absolute Gasteiger partial charge is 0.454 e. The van der Waals surface area contributed by atoms with Gasteiger partial charge in [-0.1, -0.05) is 109 Å². The van der Waals surface area contributed by atoms with Crippen LogP contribution < -0.4 is 0 Å². The summed E-state index contributed by atoms with van der Waals surface area (Å²) < 4.78 is 11.0. The van der Waals surface area contributed by atoms with Crippen LogP contribution in [0.2, 0.25) is 0 Å². The van der Waals surface area contributed by atoms with E-state index in [4.69, 9.17) is 14.4 Å².